The van der Waals surface area contributed by atoms with E-state index in [0.717, 1.165) is 24.9 Å². The third-order valence-corrected chi connectivity index (χ3v) is 4.73. The van der Waals surface area contributed by atoms with Gasteiger partial charge in [0.05, 0.1) is 0 Å². The van der Waals surface area contributed by atoms with E-state index in [1.54, 1.807) is 0 Å². The standard InChI is InChI=1S/C17H29N3/c1-13(2)15-7-6-11-20(12-9-15)17-16(14(3)18-4)8-5-10-19-17/h5,8,10,13-15,18H,6-7,9,11-12H2,1-4H3. The third-order valence-electron chi connectivity index (χ3n) is 4.73. The number of anilines is 1. The lowest BCUT2D eigenvalue weighted by Gasteiger charge is -2.26. The maximum Gasteiger partial charge on any atom is 0.133 e. The summed E-state index contributed by atoms with van der Waals surface area (Å²) in [5, 5.41) is 3.34. The van der Waals surface area contributed by atoms with Crippen LogP contribution in [0.15, 0.2) is 18.3 Å². The molecule has 2 heterocycles. The van der Waals surface area contributed by atoms with Crippen LogP contribution in [-0.4, -0.2) is 25.1 Å². The van der Waals surface area contributed by atoms with Crippen LogP contribution in [0.3, 0.4) is 0 Å². The maximum atomic E-state index is 4.67. The highest BCUT2D eigenvalue weighted by Gasteiger charge is 2.22. The first-order chi connectivity index (χ1) is 9.63. The minimum atomic E-state index is 0.350. The molecule has 0 amide bonds. The van der Waals surface area contributed by atoms with Crippen LogP contribution in [0.5, 0.6) is 0 Å². The van der Waals surface area contributed by atoms with E-state index in [1.165, 1.54) is 30.6 Å². The average Bonchev–Trinajstić information content (AvgIpc) is 2.72. The van der Waals surface area contributed by atoms with E-state index in [9.17, 15) is 0 Å². The molecular weight excluding hydrogens is 246 g/mol. The zero-order chi connectivity index (χ0) is 14.5. The molecule has 0 spiro atoms. The van der Waals surface area contributed by atoms with Crippen molar-refractivity contribution in [2.75, 3.05) is 25.0 Å². The molecule has 1 aromatic heterocycles. The van der Waals surface area contributed by atoms with E-state index >= 15 is 0 Å². The van der Waals surface area contributed by atoms with Crippen molar-refractivity contribution in [1.29, 1.82) is 0 Å². The van der Waals surface area contributed by atoms with Gasteiger partial charge in [-0.2, -0.15) is 0 Å². The van der Waals surface area contributed by atoms with Crippen molar-refractivity contribution in [1.82, 2.24) is 10.3 Å². The van der Waals surface area contributed by atoms with Crippen LogP contribution in [0, 0.1) is 11.8 Å². The van der Waals surface area contributed by atoms with Gasteiger partial charge in [-0.25, -0.2) is 4.98 Å². The summed E-state index contributed by atoms with van der Waals surface area (Å²) in [4.78, 5) is 7.16. The molecule has 1 fully saturated rings. The van der Waals surface area contributed by atoms with Gasteiger partial charge >= 0.3 is 0 Å². The lowest BCUT2D eigenvalue weighted by atomic mass is 9.89. The van der Waals surface area contributed by atoms with E-state index in [1.807, 2.05) is 19.3 Å². The van der Waals surface area contributed by atoms with Crippen molar-refractivity contribution in [2.24, 2.45) is 11.8 Å². The fourth-order valence-electron chi connectivity index (χ4n) is 3.17. The van der Waals surface area contributed by atoms with Gasteiger partial charge in [0.15, 0.2) is 0 Å². The van der Waals surface area contributed by atoms with Crippen LogP contribution < -0.4 is 10.2 Å². The second-order valence-electron chi connectivity index (χ2n) is 6.35. The molecule has 3 heteroatoms. The molecule has 0 radical (unpaired) electrons. The summed E-state index contributed by atoms with van der Waals surface area (Å²) in [6.07, 6.45) is 5.86. The molecule has 112 valence electrons. The summed E-state index contributed by atoms with van der Waals surface area (Å²) in [7, 11) is 2.01. The minimum Gasteiger partial charge on any atom is -0.356 e. The summed E-state index contributed by atoms with van der Waals surface area (Å²) in [6.45, 7) is 9.20. The van der Waals surface area contributed by atoms with Gasteiger partial charge < -0.3 is 10.2 Å². The molecule has 1 aliphatic rings. The van der Waals surface area contributed by atoms with Gasteiger partial charge in [-0.05, 0) is 51.1 Å². The number of hydrogen-bond donors (Lipinski definition) is 1. The van der Waals surface area contributed by atoms with Crippen LogP contribution in [0.2, 0.25) is 0 Å². The number of nitrogens with one attached hydrogen (secondary N) is 1. The molecule has 20 heavy (non-hydrogen) atoms. The Bertz CT molecular complexity index is 416. The van der Waals surface area contributed by atoms with Crippen molar-refractivity contribution in [3.63, 3.8) is 0 Å². The minimum absolute atomic E-state index is 0.350. The molecule has 2 unspecified atom stereocenters. The Labute approximate surface area is 123 Å². The highest BCUT2D eigenvalue weighted by molar-refractivity contribution is 5.48. The van der Waals surface area contributed by atoms with E-state index in [4.69, 9.17) is 0 Å². The number of hydrogen-bond acceptors (Lipinski definition) is 3. The fraction of sp³-hybridized carbons (Fsp3) is 0.706. The zero-order valence-electron chi connectivity index (χ0n) is 13.4. The molecule has 3 nitrogen and oxygen atoms in total. The SMILES string of the molecule is CNC(C)c1cccnc1N1CCCC(C(C)C)CC1. The van der Waals surface area contributed by atoms with Gasteiger partial charge in [-0.1, -0.05) is 19.9 Å². The fourth-order valence-corrected chi connectivity index (χ4v) is 3.17. The molecule has 0 aromatic carbocycles. The molecule has 2 rings (SSSR count). The second kappa shape index (κ2) is 7.07. The Morgan fingerprint density at radius 2 is 2.05 bits per heavy atom. The van der Waals surface area contributed by atoms with E-state index in [-0.39, 0.29) is 0 Å². The summed E-state index contributed by atoms with van der Waals surface area (Å²) < 4.78 is 0. The third kappa shape index (κ3) is 3.51. The smallest absolute Gasteiger partial charge is 0.133 e. The van der Waals surface area contributed by atoms with Gasteiger partial charge in [0.2, 0.25) is 0 Å². The number of pyridine rings is 1. The Kier molecular flexibility index (Phi) is 5.41. The highest BCUT2D eigenvalue weighted by Crippen LogP contribution is 2.29. The molecule has 1 aliphatic heterocycles. The predicted molar refractivity (Wildman–Crippen MR) is 86.1 cm³/mol. The maximum absolute atomic E-state index is 4.67. The summed E-state index contributed by atoms with van der Waals surface area (Å²) in [6, 6.07) is 4.60. The van der Waals surface area contributed by atoms with Gasteiger partial charge in [0.25, 0.3) is 0 Å². The van der Waals surface area contributed by atoms with Gasteiger partial charge in [-0.3, -0.25) is 0 Å². The van der Waals surface area contributed by atoms with Crippen molar-refractivity contribution in [3.05, 3.63) is 23.9 Å². The Hall–Kier alpha value is -1.09. The molecular formula is C17H29N3. The predicted octanol–water partition coefficient (Wildman–Crippen LogP) is 3.62. The van der Waals surface area contributed by atoms with Crippen molar-refractivity contribution >= 4 is 5.82 Å². The van der Waals surface area contributed by atoms with Gasteiger partial charge in [0.1, 0.15) is 5.82 Å². The largest absolute Gasteiger partial charge is 0.356 e. The quantitative estimate of drug-likeness (QED) is 0.909. The molecule has 0 saturated carbocycles. The average molecular weight is 275 g/mol. The van der Waals surface area contributed by atoms with Crippen molar-refractivity contribution < 1.29 is 0 Å². The first-order valence-corrected chi connectivity index (χ1v) is 8.00. The molecule has 1 N–H and O–H groups in total. The number of aromatic nitrogens is 1. The van der Waals surface area contributed by atoms with Crippen molar-refractivity contribution in [2.45, 2.75) is 46.1 Å². The lowest BCUT2D eigenvalue weighted by molar-refractivity contribution is 0.351. The van der Waals surface area contributed by atoms with Crippen LogP contribution in [0.1, 0.15) is 51.6 Å². The van der Waals surface area contributed by atoms with E-state index in [0.29, 0.717) is 6.04 Å². The van der Waals surface area contributed by atoms with Crippen LogP contribution in [0.25, 0.3) is 0 Å². The Balaban J connectivity index is 2.15. The summed E-state index contributed by atoms with van der Waals surface area (Å²) >= 11 is 0. The first kappa shape index (κ1) is 15.3. The molecule has 0 aliphatic carbocycles. The lowest BCUT2D eigenvalue weighted by Crippen LogP contribution is -2.28. The zero-order valence-corrected chi connectivity index (χ0v) is 13.4. The van der Waals surface area contributed by atoms with E-state index < -0.39 is 0 Å². The Morgan fingerprint density at radius 3 is 2.75 bits per heavy atom. The van der Waals surface area contributed by atoms with Crippen LogP contribution in [0.4, 0.5) is 5.82 Å². The summed E-state index contributed by atoms with van der Waals surface area (Å²) in [5.74, 6) is 2.85. The number of nitrogens with zero attached hydrogens (tertiary/aromatic N) is 2. The Morgan fingerprint density at radius 1 is 1.25 bits per heavy atom. The molecule has 1 saturated heterocycles. The summed E-state index contributed by atoms with van der Waals surface area (Å²) in [5.41, 5.74) is 1.32. The second-order valence-corrected chi connectivity index (χ2v) is 6.35. The first-order valence-electron chi connectivity index (χ1n) is 8.00. The topological polar surface area (TPSA) is 28.2 Å². The molecule has 0 bridgehead atoms. The highest BCUT2D eigenvalue weighted by atomic mass is 15.2. The van der Waals surface area contributed by atoms with Crippen molar-refractivity contribution in [3.8, 4) is 0 Å². The molecule has 1 aromatic rings. The van der Waals surface area contributed by atoms with Gasteiger partial charge in [0, 0.05) is 30.9 Å². The van der Waals surface area contributed by atoms with Gasteiger partial charge in [-0.15, -0.1) is 0 Å². The molecule has 2 atom stereocenters. The van der Waals surface area contributed by atoms with Crippen LogP contribution in [-0.2, 0) is 0 Å². The normalized spacial score (nSPS) is 21.9. The van der Waals surface area contributed by atoms with Crippen LogP contribution >= 0.6 is 0 Å². The monoisotopic (exact) mass is 275 g/mol. The number of rotatable bonds is 4. The van der Waals surface area contributed by atoms with E-state index in [2.05, 4.69) is 42.0 Å².